The number of rotatable bonds is 1. The van der Waals surface area contributed by atoms with E-state index in [9.17, 15) is 0 Å². The van der Waals surface area contributed by atoms with Crippen LogP contribution in [0.3, 0.4) is 0 Å². The molecule has 2 heteroatoms. The predicted octanol–water partition coefficient (Wildman–Crippen LogP) is 1.19. The lowest BCUT2D eigenvalue weighted by molar-refractivity contribution is -0.684. The molecule has 0 bridgehead atoms. The van der Waals surface area contributed by atoms with E-state index in [1.807, 2.05) is 20.9 Å². The number of aryl methyl sites for hydroxylation is 2. The molecule has 0 spiro atoms. The van der Waals surface area contributed by atoms with Crippen molar-refractivity contribution in [2.45, 2.75) is 20.3 Å². The van der Waals surface area contributed by atoms with E-state index in [4.69, 9.17) is 5.26 Å². The maximum absolute atomic E-state index is 8.56. The second kappa shape index (κ2) is 3.36. The maximum Gasteiger partial charge on any atom is 0.195 e. The van der Waals surface area contributed by atoms with Crippen molar-refractivity contribution in [1.82, 2.24) is 0 Å². The summed E-state index contributed by atoms with van der Waals surface area (Å²) in [4.78, 5) is 0. The van der Waals surface area contributed by atoms with Gasteiger partial charge in [-0.05, 0) is 12.5 Å². The van der Waals surface area contributed by atoms with Crippen molar-refractivity contribution in [3.8, 4) is 6.07 Å². The van der Waals surface area contributed by atoms with E-state index in [1.54, 1.807) is 0 Å². The fourth-order valence-electron chi connectivity index (χ4n) is 1.30. The molecular weight excluding hydrogens is 148 g/mol. The van der Waals surface area contributed by atoms with Crippen molar-refractivity contribution in [2.24, 2.45) is 7.05 Å². The van der Waals surface area contributed by atoms with Crippen LogP contribution in [-0.4, -0.2) is 0 Å². The largest absolute Gasteiger partial charge is 0.202 e. The lowest BCUT2D eigenvalue weighted by atomic mass is 10.2. The number of nitrogens with zero attached hydrogens (tertiary/aromatic N) is 2. The molecule has 0 amide bonds. The third-order valence-electron chi connectivity index (χ3n) is 2.05. The second-order valence-electron chi connectivity index (χ2n) is 3.06. The van der Waals surface area contributed by atoms with Crippen LogP contribution >= 0.6 is 0 Å². The molecule has 2 nitrogen and oxygen atoms in total. The smallest absolute Gasteiger partial charge is 0.195 e. The summed E-state index contributed by atoms with van der Waals surface area (Å²) in [7, 11) is 1.99. The zero-order valence-corrected chi connectivity index (χ0v) is 7.76. The van der Waals surface area contributed by atoms with E-state index in [0.717, 1.165) is 5.69 Å². The summed E-state index contributed by atoms with van der Waals surface area (Å²) in [6.07, 6.45) is 0.485. The highest BCUT2D eigenvalue weighted by atomic mass is 14.9. The molecule has 1 heterocycles. The molecule has 0 saturated heterocycles. The van der Waals surface area contributed by atoms with E-state index >= 15 is 0 Å². The van der Waals surface area contributed by atoms with Crippen LogP contribution in [0.2, 0.25) is 0 Å². The predicted molar refractivity (Wildman–Crippen MR) is 46.4 cm³/mol. The van der Waals surface area contributed by atoms with E-state index in [1.165, 1.54) is 11.3 Å². The molecule has 0 radical (unpaired) electrons. The zero-order valence-electron chi connectivity index (χ0n) is 7.76. The molecule has 1 aromatic heterocycles. The normalized spacial score (nSPS) is 9.50. The van der Waals surface area contributed by atoms with Gasteiger partial charge in [-0.3, -0.25) is 0 Å². The molecular formula is C10H13N2+. The van der Waals surface area contributed by atoms with Crippen LogP contribution in [0, 0.1) is 25.2 Å². The number of pyridine rings is 1. The van der Waals surface area contributed by atoms with Crippen LogP contribution in [0.5, 0.6) is 0 Å². The third kappa shape index (κ3) is 1.62. The molecule has 0 N–H and O–H groups in total. The molecule has 0 aliphatic rings. The first-order valence-electron chi connectivity index (χ1n) is 3.98. The van der Waals surface area contributed by atoms with Crippen LogP contribution in [0.15, 0.2) is 12.1 Å². The molecule has 1 rings (SSSR count). The number of hydrogen-bond donors (Lipinski definition) is 0. The molecule has 12 heavy (non-hydrogen) atoms. The monoisotopic (exact) mass is 161 g/mol. The average Bonchev–Trinajstić information content (AvgIpc) is 2.00. The highest BCUT2D eigenvalue weighted by molar-refractivity contribution is 5.16. The van der Waals surface area contributed by atoms with Crippen LogP contribution in [0.25, 0.3) is 0 Å². The van der Waals surface area contributed by atoms with Crippen molar-refractivity contribution >= 4 is 0 Å². The van der Waals surface area contributed by atoms with Crippen LogP contribution in [0.4, 0.5) is 0 Å². The Morgan fingerprint density at radius 3 is 2.67 bits per heavy atom. The lowest BCUT2D eigenvalue weighted by Crippen LogP contribution is -2.36. The minimum atomic E-state index is 0.485. The lowest BCUT2D eigenvalue weighted by Gasteiger charge is -2.00. The first-order valence-corrected chi connectivity index (χ1v) is 3.98. The van der Waals surface area contributed by atoms with Gasteiger partial charge in [0, 0.05) is 19.1 Å². The molecule has 0 aliphatic heterocycles. The Bertz CT molecular complexity index is 334. The van der Waals surface area contributed by atoms with Crippen molar-refractivity contribution in [3.63, 3.8) is 0 Å². The van der Waals surface area contributed by atoms with Crippen LogP contribution in [0.1, 0.15) is 17.0 Å². The Morgan fingerprint density at radius 2 is 2.08 bits per heavy atom. The molecule has 0 unspecified atom stereocenters. The van der Waals surface area contributed by atoms with Crippen molar-refractivity contribution in [3.05, 3.63) is 29.1 Å². The number of aromatic nitrogens is 1. The molecule has 0 aliphatic carbocycles. The van der Waals surface area contributed by atoms with Gasteiger partial charge in [0.15, 0.2) is 11.4 Å². The van der Waals surface area contributed by atoms with E-state index in [2.05, 4.69) is 22.8 Å². The minimum absolute atomic E-state index is 0.485. The number of nitriles is 1. The van der Waals surface area contributed by atoms with Crippen molar-refractivity contribution in [1.29, 1.82) is 5.26 Å². The van der Waals surface area contributed by atoms with Gasteiger partial charge < -0.3 is 0 Å². The second-order valence-corrected chi connectivity index (χ2v) is 3.06. The standard InChI is InChI=1S/C10H13N2/c1-8-6-9(2)12(3)10(7-8)4-5-11/h6-7H,4H2,1-3H3/q+1. The summed E-state index contributed by atoms with van der Waals surface area (Å²) >= 11 is 0. The van der Waals surface area contributed by atoms with Gasteiger partial charge in [0.1, 0.15) is 13.5 Å². The molecule has 0 fully saturated rings. The van der Waals surface area contributed by atoms with E-state index < -0.39 is 0 Å². The maximum atomic E-state index is 8.56. The summed E-state index contributed by atoms with van der Waals surface area (Å²) in [5.74, 6) is 0. The summed E-state index contributed by atoms with van der Waals surface area (Å²) in [5.41, 5.74) is 3.49. The Balaban J connectivity index is 3.20. The third-order valence-corrected chi connectivity index (χ3v) is 2.05. The highest BCUT2D eigenvalue weighted by Gasteiger charge is 2.09. The van der Waals surface area contributed by atoms with Crippen molar-refractivity contribution < 1.29 is 4.57 Å². The summed E-state index contributed by atoms with van der Waals surface area (Å²) in [5, 5.41) is 8.56. The molecule has 0 saturated carbocycles. The Labute approximate surface area is 73.1 Å². The van der Waals surface area contributed by atoms with Gasteiger partial charge in [-0.2, -0.15) is 5.26 Å². The Morgan fingerprint density at radius 1 is 1.42 bits per heavy atom. The minimum Gasteiger partial charge on any atom is -0.202 e. The Kier molecular flexibility index (Phi) is 2.44. The van der Waals surface area contributed by atoms with Crippen LogP contribution in [-0.2, 0) is 13.5 Å². The zero-order chi connectivity index (χ0) is 9.14. The van der Waals surface area contributed by atoms with Gasteiger partial charge in [0.05, 0.1) is 6.07 Å². The van der Waals surface area contributed by atoms with Gasteiger partial charge in [-0.1, -0.05) is 0 Å². The van der Waals surface area contributed by atoms with Crippen molar-refractivity contribution in [2.75, 3.05) is 0 Å². The SMILES string of the molecule is Cc1cc(C)[n+](C)c(CC#N)c1. The van der Waals surface area contributed by atoms with E-state index in [-0.39, 0.29) is 0 Å². The molecule has 0 atom stereocenters. The first kappa shape index (κ1) is 8.73. The van der Waals surface area contributed by atoms with Gasteiger partial charge in [-0.25, -0.2) is 4.57 Å². The van der Waals surface area contributed by atoms with Gasteiger partial charge in [0.25, 0.3) is 0 Å². The topological polar surface area (TPSA) is 27.7 Å². The molecule has 62 valence electrons. The highest BCUT2D eigenvalue weighted by Crippen LogP contribution is 2.01. The number of hydrogen-bond acceptors (Lipinski definition) is 1. The summed E-state index contributed by atoms with van der Waals surface area (Å²) in [6, 6.07) is 6.32. The first-order chi connectivity index (χ1) is 5.65. The quantitative estimate of drug-likeness (QED) is 0.568. The van der Waals surface area contributed by atoms with E-state index in [0.29, 0.717) is 6.42 Å². The summed E-state index contributed by atoms with van der Waals surface area (Å²) in [6.45, 7) is 4.10. The fourth-order valence-corrected chi connectivity index (χ4v) is 1.30. The van der Waals surface area contributed by atoms with Gasteiger partial charge >= 0.3 is 0 Å². The fraction of sp³-hybridized carbons (Fsp3) is 0.400. The van der Waals surface area contributed by atoms with Crippen LogP contribution < -0.4 is 4.57 Å². The summed E-state index contributed by atoms with van der Waals surface area (Å²) < 4.78 is 2.05. The Hall–Kier alpha value is -1.36. The molecule has 1 aromatic rings. The molecule has 0 aromatic carbocycles. The average molecular weight is 161 g/mol. The van der Waals surface area contributed by atoms with Gasteiger partial charge in [0.2, 0.25) is 0 Å². The van der Waals surface area contributed by atoms with Gasteiger partial charge in [-0.15, -0.1) is 0 Å².